The molecule has 0 radical (unpaired) electrons. The first-order chi connectivity index (χ1) is 10.3. The summed E-state index contributed by atoms with van der Waals surface area (Å²) in [7, 11) is 1.23. The van der Waals surface area contributed by atoms with Crippen molar-refractivity contribution in [3.63, 3.8) is 0 Å². The van der Waals surface area contributed by atoms with Gasteiger partial charge in [-0.15, -0.1) is 0 Å². The van der Waals surface area contributed by atoms with Crippen LogP contribution in [0, 0.1) is 0 Å². The van der Waals surface area contributed by atoms with Gasteiger partial charge in [-0.3, -0.25) is 4.79 Å². The number of amides is 1. The smallest absolute Gasteiger partial charge is 0.416 e. The molecule has 1 N–H and O–H groups in total. The number of thioether (sulfide) groups is 1. The van der Waals surface area contributed by atoms with Crippen molar-refractivity contribution in [2.45, 2.75) is 18.1 Å². The van der Waals surface area contributed by atoms with Crippen LogP contribution in [0.5, 0.6) is 0 Å². The van der Waals surface area contributed by atoms with Gasteiger partial charge in [0.05, 0.1) is 12.7 Å². The first-order valence-corrected chi connectivity index (χ1v) is 7.60. The van der Waals surface area contributed by atoms with Gasteiger partial charge in [0.2, 0.25) is 0 Å². The fourth-order valence-electron chi connectivity index (χ4n) is 2.17. The van der Waals surface area contributed by atoms with E-state index in [1.54, 1.807) is 0 Å². The summed E-state index contributed by atoms with van der Waals surface area (Å²) in [6, 6.07) is 3.85. The third-order valence-corrected chi connectivity index (χ3v) is 4.61. The number of methoxy groups -OCH3 is 1. The second kappa shape index (κ2) is 6.20. The lowest BCUT2D eigenvalue weighted by Crippen LogP contribution is -2.55. The number of hydrogen-bond acceptors (Lipinski definition) is 4. The van der Waals surface area contributed by atoms with E-state index in [4.69, 9.17) is 4.74 Å². The largest absolute Gasteiger partial charge is 0.467 e. The van der Waals surface area contributed by atoms with Gasteiger partial charge in [0.15, 0.2) is 0 Å². The fourth-order valence-corrected chi connectivity index (χ4v) is 3.49. The number of nitrogens with one attached hydrogen (secondary N) is 1. The maximum absolute atomic E-state index is 12.5. The molecule has 1 aliphatic heterocycles. The van der Waals surface area contributed by atoms with Crippen molar-refractivity contribution in [2.24, 2.45) is 0 Å². The molecule has 2 rings (SSSR count). The highest BCUT2D eigenvalue weighted by molar-refractivity contribution is 7.99. The van der Waals surface area contributed by atoms with Gasteiger partial charge < -0.3 is 10.1 Å². The van der Waals surface area contributed by atoms with E-state index in [1.165, 1.54) is 18.9 Å². The number of ether oxygens (including phenoxy) is 1. The highest BCUT2D eigenvalue weighted by Crippen LogP contribution is 2.31. The van der Waals surface area contributed by atoms with Crippen molar-refractivity contribution in [3.8, 4) is 0 Å². The van der Waals surface area contributed by atoms with E-state index in [1.807, 2.05) is 0 Å². The van der Waals surface area contributed by atoms with Gasteiger partial charge in [0.25, 0.3) is 5.91 Å². The second-order valence-electron chi connectivity index (χ2n) is 4.91. The summed E-state index contributed by atoms with van der Waals surface area (Å²) < 4.78 is 42.2. The average molecular weight is 333 g/mol. The molecule has 4 nitrogen and oxygen atoms in total. The van der Waals surface area contributed by atoms with Gasteiger partial charge in [-0.25, -0.2) is 4.79 Å². The zero-order valence-corrected chi connectivity index (χ0v) is 12.5. The molecule has 0 unspecified atom stereocenters. The molecule has 8 heteroatoms. The summed E-state index contributed by atoms with van der Waals surface area (Å²) in [6.45, 7) is 0. The lowest BCUT2D eigenvalue weighted by Gasteiger charge is -2.26. The summed E-state index contributed by atoms with van der Waals surface area (Å²) in [5, 5.41) is 2.60. The van der Waals surface area contributed by atoms with Crippen LogP contribution in [-0.2, 0) is 15.7 Å². The molecular weight excluding hydrogens is 319 g/mol. The molecule has 120 valence electrons. The van der Waals surface area contributed by atoms with Gasteiger partial charge in [-0.05, 0) is 36.4 Å². The number of carbonyl (C=O) groups excluding carboxylic acids is 2. The maximum Gasteiger partial charge on any atom is 0.416 e. The zero-order chi connectivity index (χ0) is 16.4. The van der Waals surface area contributed by atoms with Crippen LogP contribution in [0.4, 0.5) is 13.2 Å². The quantitative estimate of drug-likeness (QED) is 0.864. The van der Waals surface area contributed by atoms with Crippen LogP contribution in [0.3, 0.4) is 0 Å². The predicted octanol–water partition coefficient (Wildman–Crippen LogP) is 2.48. The van der Waals surface area contributed by atoms with Gasteiger partial charge in [-0.2, -0.15) is 24.9 Å². The van der Waals surface area contributed by atoms with E-state index in [0.29, 0.717) is 17.9 Å². The summed E-state index contributed by atoms with van der Waals surface area (Å²) in [5.41, 5.74) is -1.88. The minimum Gasteiger partial charge on any atom is -0.467 e. The number of esters is 1. The highest BCUT2D eigenvalue weighted by atomic mass is 32.2. The Balaban J connectivity index is 2.16. The molecule has 1 aromatic carbocycles. The highest BCUT2D eigenvalue weighted by Gasteiger charge is 2.44. The van der Waals surface area contributed by atoms with Crippen LogP contribution in [0.25, 0.3) is 0 Å². The molecule has 0 aromatic heterocycles. The standard InChI is InChI=1S/C14H14F3NO3S/c1-21-12(20)13(6-7-22-8-13)18-11(19)9-2-4-10(5-3-9)14(15,16)17/h2-5H,6-8H2,1H3,(H,18,19)/t13-/m1/s1. The summed E-state index contributed by atoms with van der Waals surface area (Å²) >= 11 is 1.50. The lowest BCUT2D eigenvalue weighted by atomic mass is 9.98. The van der Waals surface area contributed by atoms with Crippen molar-refractivity contribution in [1.82, 2.24) is 5.32 Å². The monoisotopic (exact) mass is 333 g/mol. The van der Waals surface area contributed by atoms with Crippen molar-refractivity contribution in [1.29, 1.82) is 0 Å². The molecular formula is C14H14F3NO3S. The maximum atomic E-state index is 12.5. The molecule has 1 heterocycles. The van der Waals surface area contributed by atoms with E-state index in [-0.39, 0.29) is 5.56 Å². The van der Waals surface area contributed by atoms with Crippen LogP contribution in [0.15, 0.2) is 24.3 Å². The van der Waals surface area contributed by atoms with Crippen LogP contribution in [-0.4, -0.2) is 36.0 Å². The van der Waals surface area contributed by atoms with Crippen molar-refractivity contribution < 1.29 is 27.5 Å². The lowest BCUT2D eigenvalue weighted by molar-refractivity contribution is -0.147. The molecule has 0 aliphatic carbocycles. The van der Waals surface area contributed by atoms with E-state index < -0.39 is 29.2 Å². The van der Waals surface area contributed by atoms with E-state index in [0.717, 1.165) is 24.3 Å². The molecule has 22 heavy (non-hydrogen) atoms. The van der Waals surface area contributed by atoms with Crippen LogP contribution in [0.1, 0.15) is 22.3 Å². The summed E-state index contributed by atoms with van der Waals surface area (Å²) in [4.78, 5) is 24.1. The third kappa shape index (κ3) is 3.37. The number of alkyl halides is 3. The van der Waals surface area contributed by atoms with E-state index in [2.05, 4.69) is 5.32 Å². The Bertz CT molecular complexity index is 566. The first kappa shape index (κ1) is 16.7. The summed E-state index contributed by atoms with van der Waals surface area (Å²) in [5.74, 6) is -0.0616. The number of rotatable bonds is 3. The first-order valence-electron chi connectivity index (χ1n) is 6.44. The minimum absolute atomic E-state index is 0.0631. The number of halogens is 3. The van der Waals surface area contributed by atoms with E-state index in [9.17, 15) is 22.8 Å². The fraction of sp³-hybridized carbons (Fsp3) is 0.429. The Hall–Kier alpha value is -1.70. The Morgan fingerprint density at radius 1 is 1.27 bits per heavy atom. The van der Waals surface area contributed by atoms with Gasteiger partial charge in [0, 0.05) is 11.3 Å². The molecule has 1 saturated heterocycles. The Kier molecular flexibility index (Phi) is 4.69. The Morgan fingerprint density at radius 2 is 1.91 bits per heavy atom. The van der Waals surface area contributed by atoms with Crippen molar-refractivity contribution >= 4 is 23.6 Å². The van der Waals surface area contributed by atoms with Crippen molar-refractivity contribution in [2.75, 3.05) is 18.6 Å². The molecule has 1 aromatic rings. The topological polar surface area (TPSA) is 55.4 Å². The molecule has 1 fully saturated rings. The normalized spacial score (nSPS) is 21.5. The van der Waals surface area contributed by atoms with Gasteiger partial charge >= 0.3 is 12.1 Å². The van der Waals surface area contributed by atoms with Crippen LogP contribution >= 0.6 is 11.8 Å². The van der Waals surface area contributed by atoms with Crippen LogP contribution in [0.2, 0.25) is 0 Å². The number of carbonyl (C=O) groups is 2. The molecule has 1 atom stereocenters. The van der Waals surface area contributed by atoms with Gasteiger partial charge in [-0.1, -0.05) is 0 Å². The molecule has 0 spiro atoms. The predicted molar refractivity (Wildman–Crippen MR) is 75.6 cm³/mol. The molecule has 1 aliphatic rings. The minimum atomic E-state index is -4.45. The average Bonchev–Trinajstić information content (AvgIpc) is 2.95. The Morgan fingerprint density at radius 3 is 2.36 bits per heavy atom. The summed E-state index contributed by atoms with van der Waals surface area (Å²) in [6.07, 6.45) is -4.03. The Labute approximate surface area is 129 Å². The zero-order valence-electron chi connectivity index (χ0n) is 11.7. The van der Waals surface area contributed by atoms with Crippen molar-refractivity contribution in [3.05, 3.63) is 35.4 Å². The SMILES string of the molecule is COC(=O)[C@@]1(NC(=O)c2ccc(C(F)(F)F)cc2)CCSC1. The molecule has 0 bridgehead atoms. The number of hydrogen-bond donors (Lipinski definition) is 1. The second-order valence-corrected chi connectivity index (χ2v) is 6.01. The van der Waals surface area contributed by atoms with Gasteiger partial charge in [0.1, 0.15) is 5.54 Å². The van der Waals surface area contributed by atoms with Crippen LogP contribution < -0.4 is 5.32 Å². The molecule has 0 saturated carbocycles. The number of benzene rings is 1. The van der Waals surface area contributed by atoms with E-state index >= 15 is 0 Å². The molecule has 1 amide bonds. The third-order valence-electron chi connectivity index (χ3n) is 3.42.